The van der Waals surface area contributed by atoms with Crippen molar-refractivity contribution in [1.29, 1.82) is 0 Å². The zero-order chi connectivity index (χ0) is 21.8. The van der Waals surface area contributed by atoms with Crippen LogP contribution in [0.5, 0.6) is 5.75 Å². The summed E-state index contributed by atoms with van der Waals surface area (Å²) in [7, 11) is 0. The minimum absolute atomic E-state index is 0.0696. The number of nitrogens with one attached hydrogen (secondary N) is 1. The molecular weight excluding hydrogens is 376 g/mol. The van der Waals surface area contributed by atoms with Gasteiger partial charge in [-0.1, -0.05) is 39.5 Å². The van der Waals surface area contributed by atoms with Gasteiger partial charge < -0.3 is 14.8 Å². The van der Waals surface area contributed by atoms with Gasteiger partial charge in [-0.25, -0.2) is 0 Å². The van der Waals surface area contributed by atoms with E-state index in [0.717, 1.165) is 50.1 Å². The molecule has 170 valence electrons. The van der Waals surface area contributed by atoms with Crippen LogP contribution in [0.3, 0.4) is 0 Å². The van der Waals surface area contributed by atoms with Crippen LogP contribution in [0.1, 0.15) is 79.1 Å². The van der Waals surface area contributed by atoms with Crippen molar-refractivity contribution in [1.82, 2.24) is 4.90 Å². The highest BCUT2D eigenvalue weighted by Crippen LogP contribution is 2.24. The van der Waals surface area contributed by atoms with Gasteiger partial charge in [-0.2, -0.15) is 0 Å². The van der Waals surface area contributed by atoms with E-state index in [9.17, 15) is 4.79 Å². The van der Waals surface area contributed by atoms with Gasteiger partial charge in [-0.3, -0.25) is 9.69 Å². The molecule has 0 aromatic heterocycles. The molecule has 1 aliphatic rings. The van der Waals surface area contributed by atoms with Gasteiger partial charge in [0.25, 0.3) is 5.91 Å². The molecular formula is C25H42N2O3. The van der Waals surface area contributed by atoms with Crippen LogP contribution < -0.4 is 10.1 Å². The molecule has 1 aliphatic heterocycles. The lowest BCUT2D eigenvalue weighted by molar-refractivity contribution is -0.140. The van der Waals surface area contributed by atoms with E-state index in [0.29, 0.717) is 19.3 Å². The van der Waals surface area contributed by atoms with Crippen molar-refractivity contribution in [2.45, 2.75) is 90.7 Å². The number of hydrogen-bond donors (Lipinski definition) is 1. The minimum atomic E-state index is -0.786. The molecule has 5 heteroatoms. The molecule has 2 atom stereocenters. The average molecular weight is 419 g/mol. The van der Waals surface area contributed by atoms with Crippen molar-refractivity contribution < 1.29 is 14.3 Å². The molecule has 0 aliphatic carbocycles. The van der Waals surface area contributed by atoms with Crippen molar-refractivity contribution in [2.24, 2.45) is 0 Å². The Morgan fingerprint density at radius 2 is 1.90 bits per heavy atom. The van der Waals surface area contributed by atoms with Crippen molar-refractivity contribution in [3.05, 3.63) is 24.3 Å². The smallest absolute Gasteiger partial charge is 0.256 e. The summed E-state index contributed by atoms with van der Waals surface area (Å²) in [5.41, 5.74) is -0.00954. The topological polar surface area (TPSA) is 50.8 Å². The molecule has 0 bridgehead atoms. The van der Waals surface area contributed by atoms with Crippen LogP contribution in [0.4, 0.5) is 5.69 Å². The summed E-state index contributed by atoms with van der Waals surface area (Å²) < 4.78 is 11.9. The van der Waals surface area contributed by atoms with Crippen LogP contribution in [0.15, 0.2) is 24.3 Å². The summed E-state index contributed by atoms with van der Waals surface area (Å²) in [6.07, 6.45) is 8.79. The molecule has 0 spiro atoms. The quantitative estimate of drug-likeness (QED) is 0.421. The van der Waals surface area contributed by atoms with Crippen LogP contribution in [0.25, 0.3) is 0 Å². The number of anilines is 1. The molecule has 1 aromatic rings. The largest absolute Gasteiger partial charge is 0.492 e. The number of likely N-dealkylation sites (tertiary alicyclic amines) is 1. The van der Waals surface area contributed by atoms with E-state index in [-0.39, 0.29) is 5.91 Å². The summed E-state index contributed by atoms with van der Waals surface area (Å²) in [5, 5.41) is 3.03. The van der Waals surface area contributed by atoms with Crippen molar-refractivity contribution in [3.8, 4) is 5.75 Å². The number of piperidine rings is 1. The maximum absolute atomic E-state index is 12.9. The third-order valence-electron chi connectivity index (χ3n) is 6.06. The molecule has 0 saturated carbocycles. The highest BCUT2D eigenvalue weighted by molar-refractivity contribution is 5.97. The van der Waals surface area contributed by atoms with Crippen LogP contribution >= 0.6 is 0 Å². The zero-order valence-electron chi connectivity index (χ0n) is 19.5. The van der Waals surface area contributed by atoms with Crippen molar-refractivity contribution >= 4 is 11.6 Å². The fourth-order valence-corrected chi connectivity index (χ4v) is 3.96. The zero-order valence-corrected chi connectivity index (χ0v) is 19.5. The number of nitrogens with zero attached hydrogens (tertiary/aromatic N) is 1. The molecule has 2 rings (SSSR count). The first kappa shape index (κ1) is 24.7. The first-order chi connectivity index (χ1) is 14.5. The van der Waals surface area contributed by atoms with E-state index >= 15 is 0 Å². The second kappa shape index (κ2) is 13.0. The van der Waals surface area contributed by atoms with Gasteiger partial charge in [0.2, 0.25) is 0 Å². The highest BCUT2D eigenvalue weighted by atomic mass is 16.5. The molecule has 1 aromatic carbocycles. The Balaban J connectivity index is 1.84. The van der Waals surface area contributed by atoms with Gasteiger partial charge in [0.05, 0.1) is 0 Å². The number of carbonyl (C=O) groups excluding carboxylic acids is 1. The second-order valence-electron chi connectivity index (χ2n) is 8.74. The van der Waals surface area contributed by atoms with Crippen LogP contribution in [-0.2, 0) is 9.53 Å². The molecule has 1 N–H and O–H groups in total. The molecule has 1 fully saturated rings. The molecule has 1 amide bonds. The number of amides is 1. The Morgan fingerprint density at radius 3 is 2.57 bits per heavy atom. The van der Waals surface area contributed by atoms with E-state index in [1.807, 2.05) is 31.2 Å². The predicted octanol–water partition coefficient (Wildman–Crippen LogP) is 5.64. The van der Waals surface area contributed by atoms with E-state index in [1.165, 1.54) is 25.8 Å². The minimum Gasteiger partial charge on any atom is -0.492 e. The standard InChI is InChI=1S/C25H42N2O3/c1-5-7-9-16-25(4,30-19-6-2)24(28)26-22-12-14-23(15-13-22)29-20-18-27-17-10-8-11-21(27)3/h12-15,21H,5-11,16-20H2,1-4H3,(H,26,28)/t21-,25-/m1/s1. The van der Waals surface area contributed by atoms with Crippen LogP contribution in [0.2, 0.25) is 0 Å². The van der Waals surface area contributed by atoms with Gasteiger partial charge in [0, 0.05) is 24.9 Å². The fourth-order valence-electron chi connectivity index (χ4n) is 3.96. The summed E-state index contributed by atoms with van der Waals surface area (Å²) in [5.74, 6) is 0.769. The summed E-state index contributed by atoms with van der Waals surface area (Å²) >= 11 is 0. The lowest BCUT2D eigenvalue weighted by atomic mass is 9.96. The average Bonchev–Trinajstić information content (AvgIpc) is 2.75. The van der Waals surface area contributed by atoms with E-state index in [2.05, 4.69) is 31.0 Å². The van der Waals surface area contributed by atoms with Gasteiger partial charge in [-0.15, -0.1) is 0 Å². The third kappa shape index (κ3) is 7.92. The summed E-state index contributed by atoms with van der Waals surface area (Å²) in [6.45, 7) is 11.9. The molecule has 30 heavy (non-hydrogen) atoms. The molecule has 1 saturated heterocycles. The SMILES string of the molecule is CCCCC[C@@](C)(OCCC)C(=O)Nc1ccc(OCCN2CCCC[C@H]2C)cc1. The van der Waals surface area contributed by atoms with Gasteiger partial charge >= 0.3 is 0 Å². The third-order valence-corrected chi connectivity index (χ3v) is 6.06. The second-order valence-corrected chi connectivity index (χ2v) is 8.74. The normalized spacial score (nSPS) is 19.3. The van der Waals surface area contributed by atoms with Crippen molar-refractivity contribution in [3.63, 3.8) is 0 Å². The van der Waals surface area contributed by atoms with Crippen LogP contribution in [0, 0.1) is 0 Å². The number of hydrogen-bond acceptors (Lipinski definition) is 4. The van der Waals surface area contributed by atoms with Gasteiger partial charge in [0.15, 0.2) is 0 Å². The summed E-state index contributed by atoms with van der Waals surface area (Å²) in [4.78, 5) is 15.4. The lowest BCUT2D eigenvalue weighted by Gasteiger charge is -2.33. The number of carbonyl (C=O) groups is 1. The van der Waals surface area contributed by atoms with E-state index < -0.39 is 5.60 Å². The number of rotatable bonds is 13. The monoisotopic (exact) mass is 418 g/mol. The fraction of sp³-hybridized carbons (Fsp3) is 0.720. The van der Waals surface area contributed by atoms with Crippen LogP contribution in [-0.4, -0.2) is 48.8 Å². The predicted molar refractivity (Wildman–Crippen MR) is 124 cm³/mol. The van der Waals surface area contributed by atoms with Gasteiger partial charge in [0.1, 0.15) is 18.0 Å². The van der Waals surface area contributed by atoms with Crippen molar-refractivity contribution in [2.75, 3.05) is 31.6 Å². The van der Waals surface area contributed by atoms with E-state index in [1.54, 1.807) is 0 Å². The maximum atomic E-state index is 12.9. The Morgan fingerprint density at radius 1 is 1.13 bits per heavy atom. The number of ether oxygens (including phenoxy) is 2. The molecule has 0 unspecified atom stereocenters. The Kier molecular flexibility index (Phi) is 10.7. The molecule has 5 nitrogen and oxygen atoms in total. The number of benzene rings is 1. The Hall–Kier alpha value is -1.59. The highest BCUT2D eigenvalue weighted by Gasteiger charge is 2.33. The lowest BCUT2D eigenvalue weighted by Crippen LogP contribution is -2.43. The number of unbranched alkanes of at least 4 members (excludes halogenated alkanes) is 2. The maximum Gasteiger partial charge on any atom is 0.256 e. The Labute approximate surface area is 183 Å². The first-order valence-corrected chi connectivity index (χ1v) is 11.9. The van der Waals surface area contributed by atoms with Gasteiger partial charge in [-0.05, 0) is 70.3 Å². The molecule has 1 heterocycles. The summed E-state index contributed by atoms with van der Waals surface area (Å²) in [6, 6.07) is 8.32. The van der Waals surface area contributed by atoms with E-state index in [4.69, 9.17) is 9.47 Å². The Bertz CT molecular complexity index is 619. The molecule has 0 radical (unpaired) electrons. The first-order valence-electron chi connectivity index (χ1n) is 11.9.